The molecule has 0 aliphatic carbocycles. The molecule has 0 spiro atoms. The first-order valence-electron chi connectivity index (χ1n) is 13.3. The van der Waals surface area contributed by atoms with Crippen molar-refractivity contribution in [1.29, 1.82) is 0 Å². The van der Waals surface area contributed by atoms with Crippen LogP contribution in [0, 0.1) is 23.5 Å². The Balaban J connectivity index is 1.25. The molecule has 2 aromatic carbocycles. The first kappa shape index (κ1) is 27.1. The molecule has 2 aliphatic heterocycles. The third kappa shape index (κ3) is 5.45. The van der Waals surface area contributed by atoms with Gasteiger partial charge in [-0.15, -0.1) is 20.4 Å². The van der Waals surface area contributed by atoms with Gasteiger partial charge in [-0.05, 0) is 65.4 Å². The van der Waals surface area contributed by atoms with Gasteiger partial charge in [-0.3, -0.25) is 0 Å². The Bertz CT molecular complexity index is 1420. The Labute approximate surface area is 239 Å². The fourth-order valence-corrected chi connectivity index (χ4v) is 6.64. The van der Waals surface area contributed by atoms with Crippen molar-refractivity contribution in [2.45, 2.75) is 37.8 Å². The molecule has 0 bridgehead atoms. The number of nitrogens with zero attached hydrogens (tertiary/aromatic N) is 10. The molecule has 2 saturated heterocycles. The van der Waals surface area contributed by atoms with E-state index >= 15 is 0 Å². The van der Waals surface area contributed by atoms with Crippen LogP contribution in [0.5, 0.6) is 0 Å². The normalized spacial score (nSPS) is 22.3. The van der Waals surface area contributed by atoms with Crippen LogP contribution in [0.2, 0.25) is 10.0 Å². The molecular weight excluding hydrogens is 561 g/mol. The maximum absolute atomic E-state index is 14.3. The summed E-state index contributed by atoms with van der Waals surface area (Å²) in [5.74, 6) is -1.56. The van der Waals surface area contributed by atoms with Crippen LogP contribution in [0.4, 0.5) is 8.78 Å². The van der Waals surface area contributed by atoms with Gasteiger partial charge < -0.3 is 0 Å². The number of aromatic nitrogens is 8. The second-order valence-corrected chi connectivity index (χ2v) is 11.1. The number of piperidine rings is 2. The molecule has 4 aromatic rings. The summed E-state index contributed by atoms with van der Waals surface area (Å²) in [7, 11) is 0. The summed E-state index contributed by atoms with van der Waals surface area (Å²) in [6, 6.07) is 9.02. The molecule has 2 aliphatic rings. The van der Waals surface area contributed by atoms with E-state index in [0.29, 0.717) is 22.2 Å². The minimum absolute atomic E-state index is 0.0586. The lowest BCUT2D eigenvalue weighted by molar-refractivity contribution is -0.0888. The van der Waals surface area contributed by atoms with E-state index < -0.39 is 11.6 Å². The highest BCUT2D eigenvalue weighted by Gasteiger charge is 2.38. The third-order valence-corrected chi connectivity index (χ3v) is 8.81. The number of hydrazine groups is 1. The molecule has 6 rings (SSSR count). The van der Waals surface area contributed by atoms with E-state index in [9.17, 15) is 8.78 Å². The molecule has 2 unspecified atom stereocenters. The summed E-state index contributed by atoms with van der Waals surface area (Å²) in [4.78, 5) is 3.13. The van der Waals surface area contributed by atoms with Gasteiger partial charge in [0.2, 0.25) is 0 Å². The predicted octanol–water partition coefficient (Wildman–Crippen LogP) is 4.46. The van der Waals surface area contributed by atoms with Crippen molar-refractivity contribution in [3.63, 3.8) is 0 Å². The molecule has 10 nitrogen and oxygen atoms in total. The van der Waals surface area contributed by atoms with Crippen LogP contribution in [-0.4, -0.2) is 76.6 Å². The number of halogens is 4. The van der Waals surface area contributed by atoms with Crippen molar-refractivity contribution < 1.29 is 8.78 Å². The maximum Gasteiger partial charge on any atom is 0.162 e. The summed E-state index contributed by atoms with van der Waals surface area (Å²) in [6.07, 6.45) is 6.56. The van der Waals surface area contributed by atoms with Crippen LogP contribution in [0.15, 0.2) is 49.1 Å². The minimum Gasteiger partial charge on any atom is -0.241 e. The smallest absolute Gasteiger partial charge is 0.162 e. The topological polar surface area (TPSA) is 93.7 Å². The molecule has 0 amide bonds. The van der Waals surface area contributed by atoms with Gasteiger partial charge in [0.25, 0.3) is 0 Å². The molecule has 210 valence electrons. The average molecular weight is 589 g/mol. The summed E-state index contributed by atoms with van der Waals surface area (Å²) >= 11 is 13.1. The molecule has 2 aromatic heterocycles. The SMILES string of the molecule is Fc1ccc(C([C@H]2CCCN(N3CCC[C@H](C(c4cccc(Cl)c4Cl)n4ncnn4)C3)C2)n2ncnn2)cc1F. The van der Waals surface area contributed by atoms with Crippen molar-refractivity contribution in [2.75, 3.05) is 26.2 Å². The van der Waals surface area contributed by atoms with Crippen molar-refractivity contribution in [3.05, 3.63) is 81.9 Å². The van der Waals surface area contributed by atoms with Crippen LogP contribution in [0.25, 0.3) is 0 Å². The van der Waals surface area contributed by atoms with E-state index in [0.717, 1.165) is 56.9 Å². The molecular formula is C26H28Cl2F2N10. The number of hydrogen-bond acceptors (Lipinski definition) is 8. The Hall–Kier alpha value is -3.06. The Morgan fingerprint density at radius 3 is 2.00 bits per heavy atom. The van der Waals surface area contributed by atoms with Gasteiger partial charge in [-0.25, -0.2) is 18.8 Å². The van der Waals surface area contributed by atoms with E-state index in [-0.39, 0.29) is 23.9 Å². The minimum atomic E-state index is -0.887. The zero-order valence-electron chi connectivity index (χ0n) is 21.6. The average Bonchev–Trinajstić information content (AvgIpc) is 3.69. The van der Waals surface area contributed by atoms with Gasteiger partial charge in [-0.1, -0.05) is 41.4 Å². The van der Waals surface area contributed by atoms with Crippen LogP contribution in [0.1, 0.15) is 48.9 Å². The monoisotopic (exact) mass is 588 g/mol. The van der Waals surface area contributed by atoms with Gasteiger partial charge in [0.15, 0.2) is 24.3 Å². The van der Waals surface area contributed by atoms with Crippen molar-refractivity contribution >= 4 is 23.2 Å². The standard InChI is InChI=1S/C26H28Cl2F2N10/c27-21-7-1-6-20(24(21)28)26(40-34-16-32-36-40)19-5-3-11-38(14-19)37-10-2-4-18(13-37)25(39-33-15-31-35-39)17-8-9-22(29)23(30)12-17/h1,6-9,12,15-16,18-19,25-26H,2-5,10-11,13-14H2/t18-,19-,25?,26?/m0/s1. The highest BCUT2D eigenvalue weighted by molar-refractivity contribution is 6.42. The number of hydrogen-bond donors (Lipinski definition) is 0. The zero-order chi connectivity index (χ0) is 27.6. The number of benzene rings is 2. The van der Waals surface area contributed by atoms with Crippen LogP contribution in [-0.2, 0) is 0 Å². The lowest BCUT2D eigenvalue weighted by Crippen LogP contribution is -2.53. The first-order valence-corrected chi connectivity index (χ1v) is 14.1. The quantitative estimate of drug-likeness (QED) is 0.312. The molecule has 4 heterocycles. The Morgan fingerprint density at radius 2 is 1.40 bits per heavy atom. The molecule has 0 N–H and O–H groups in total. The highest BCUT2D eigenvalue weighted by Crippen LogP contribution is 2.39. The van der Waals surface area contributed by atoms with E-state index in [1.54, 1.807) is 16.9 Å². The van der Waals surface area contributed by atoms with Crippen LogP contribution in [0.3, 0.4) is 0 Å². The highest BCUT2D eigenvalue weighted by atomic mass is 35.5. The molecule has 14 heteroatoms. The van der Waals surface area contributed by atoms with Crippen LogP contribution < -0.4 is 0 Å². The summed E-state index contributed by atoms with van der Waals surface area (Å²) in [5.41, 5.74) is 1.49. The van der Waals surface area contributed by atoms with Crippen molar-refractivity contribution in [3.8, 4) is 0 Å². The molecule has 40 heavy (non-hydrogen) atoms. The van der Waals surface area contributed by atoms with Gasteiger partial charge in [0, 0.05) is 38.0 Å². The molecule has 0 saturated carbocycles. The first-order chi connectivity index (χ1) is 19.5. The van der Waals surface area contributed by atoms with E-state index in [1.807, 2.05) is 12.1 Å². The largest absolute Gasteiger partial charge is 0.241 e. The second-order valence-electron chi connectivity index (χ2n) is 10.3. The van der Waals surface area contributed by atoms with E-state index in [4.69, 9.17) is 23.2 Å². The lowest BCUT2D eigenvalue weighted by Gasteiger charge is -2.46. The summed E-state index contributed by atoms with van der Waals surface area (Å²) in [5, 5.41) is 30.6. The molecule has 0 radical (unpaired) electrons. The van der Waals surface area contributed by atoms with Crippen molar-refractivity contribution in [2.24, 2.45) is 11.8 Å². The van der Waals surface area contributed by atoms with Gasteiger partial charge >= 0.3 is 0 Å². The van der Waals surface area contributed by atoms with E-state index in [1.165, 1.54) is 23.5 Å². The molecule has 4 atom stereocenters. The fraction of sp³-hybridized carbons (Fsp3) is 0.462. The predicted molar refractivity (Wildman–Crippen MR) is 143 cm³/mol. The maximum atomic E-state index is 14.3. The Morgan fingerprint density at radius 1 is 0.775 bits per heavy atom. The van der Waals surface area contributed by atoms with Crippen LogP contribution >= 0.6 is 23.2 Å². The Kier molecular flexibility index (Phi) is 8.01. The number of rotatable bonds is 7. The van der Waals surface area contributed by atoms with Gasteiger partial charge in [0.05, 0.1) is 10.0 Å². The fourth-order valence-electron chi connectivity index (χ4n) is 6.22. The third-order valence-electron chi connectivity index (χ3n) is 7.98. The van der Waals surface area contributed by atoms with Gasteiger partial charge in [-0.2, -0.15) is 9.59 Å². The second kappa shape index (κ2) is 11.8. The van der Waals surface area contributed by atoms with Gasteiger partial charge in [0.1, 0.15) is 12.1 Å². The molecule has 2 fully saturated rings. The summed E-state index contributed by atoms with van der Waals surface area (Å²) < 4.78 is 28.0. The van der Waals surface area contributed by atoms with Crippen molar-refractivity contribution in [1.82, 2.24) is 50.4 Å². The zero-order valence-corrected chi connectivity index (χ0v) is 23.1. The lowest BCUT2D eigenvalue weighted by atomic mass is 9.85. The summed E-state index contributed by atoms with van der Waals surface area (Å²) in [6.45, 7) is 3.27. The van der Waals surface area contributed by atoms with E-state index in [2.05, 4.69) is 40.8 Å². The number of tetrazole rings is 2.